The molecular formula is C15H22N2O5S. The van der Waals surface area contributed by atoms with Gasteiger partial charge in [-0.05, 0) is 24.6 Å². The van der Waals surface area contributed by atoms with Crippen molar-refractivity contribution < 1.29 is 23.1 Å². The summed E-state index contributed by atoms with van der Waals surface area (Å²) in [4.78, 5) is 13.4. The van der Waals surface area contributed by atoms with E-state index in [2.05, 4.69) is 4.72 Å². The highest BCUT2D eigenvalue weighted by Gasteiger charge is 2.22. The lowest BCUT2D eigenvalue weighted by Gasteiger charge is -2.30. The van der Waals surface area contributed by atoms with Gasteiger partial charge >= 0.3 is 5.97 Å². The molecule has 1 aromatic rings. The van der Waals surface area contributed by atoms with Crippen LogP contribution in [0.3, 0.4) is 0 Å². The first kappa shape index (κ1) is 17.7. The summed E-state index contributed by atoms with van der Waals surface area (Å²) in [6.07, 6.45) is 1.61. The molecule has 0 amide bonds. The van der Waals surface area contributed by atoms with Crippen molar-refractivity contribution in [2.75, 3.05) is 37.7 Å². The van der Waals surface area contributed by atoms with Crippen LogP contribution in [0.2, 0.25) is 0 Å². The summed E-state index contributed by atoms with van der Waals surface area (Å²) in [5, 5.41) is 9.43. The summed E-state index contributed by atoms with van der Waals surface area (Å²) in [5.41, 5.74) is 0.513. The van der Waals surface area contributed by atoms with Crippen LogP contribution in [0.5, 0.6) is 0 Å². The molecule has 128 valence electrons. The molecule has 0 atom stereocenters. The van der Waals surface area contributed by atoms with Crippen LogP contribution >= 0.6 is 0 Å². The van der Waals surface area contributed by atoms with Gasteiger partial charge in [0.1, 0.15) is 0 Å². The Morgan fingerprint density at radius 2 is 2.04 bits per heavy atom. The fourth-order valence-corrected chi connectivity index (χ4v) is 3.50. The van der Waals surface area contributed by atoms with E-state index in [0.717, 1.165) is 12.8 Å². The quantitative estimate of drug-likeness (QED) is 0.725. The number of nitrogens with zero attached hydrogens (tertiary/aromatic N) is 1. The smallest absolute Gasteiger partial charge is 0.337 e. The lowest BCUT2D eigenvalue weighted by molar-refractivity contribution is 0.0696. The van der Waals surface area contributed by atoms with E-state index in [9.17, 15) is 18.3 Å². The number of rotatable bonds is 7. The molecule has 0 spiro atoms. The predicted molar refractivity (Wildman–Crippen MR) is 86.5 cm³/mol. The van der Waals surface area contributed by atoms with Gasteiger partial charge in [0.05, 0.1) is 29.4 Å². The Hall–Kier alpha value is -1.64. The molecule has 1 saturated heterocycles. The Kier molecular flexibility index (Phi) is 5.97. The minimum Gasteiger partial charge on any atom is -0.478 e. The monoisotopic (exact) mass is 342 g/mol. The van der Waals surface area contributed by atoms with Crippen molar-refractivity contribution >= 4 is 21.7 Å². The van der Waals surface area contributed by atoms with Gasteiger partial charge in [-0.25, -0.2) is 17.9 Å². The van der Waals surface area contributed by atoms with Crippen molar-refractivity contribution in [1.29, 1.82) is 0 Å². The van der Waals surface area contributed by atoms with Crippen molar-refractivity contribution in [3.8, 4) is 0 Å². The summed E-state index contributed by atoms with van der Waals surface area (Å²) in [7, 11) is -3.69. The zero-order valence-corrected chi connectivity index (χ0v) is 13.9. The molecule has 1 aliphatic rings. The van der Waals surface area contributed by atoms with E-state index in [1.807, 2.05) is 11.8 Å². The van der Waals surface area contributed by atoms with E-state index in [0.29, 0.717) is 38.5 Å². The molecular weight excluding hydrogens is 320 g/mol. The van der Waals surface area contributed by atoms with Crippen LogP contribution in [0.4, 0.5) is 5.69 Å². The number of carboxylic acids is 1. The highest BCUT2D eigenvalue weighted by Crippen LogP contribution is 2.25. The average Bonchev–Trinajstić information content (AvgIpc) is 2.55. The Balaban J connectivity index is 2.30. The standard InChI is InChI=1S/C15H22N2O5S/c1-2-3-6-16-23(20,21)12-4-5-14(13(11-12)15(18)19)17-7-9-22-10-8-17/h4-5,11,16H,2-3,6-10H2,1H3,(H,18,19). The van der Waals surface area contributed by atoms with Gasteiger partial charge in [0.25, 0.3) is 0 Å². The third-order valence-electron chi connectivity index (χ3n) is 3.68. The van der Waals surface area contributed by atoms with E-state index in [-0.39, 0.29) is 10.5 Å². The first-order valence-electron chi connectivity index (χ1n) is 7.65. The third kappa shape index (κ3) is 4.43. The molecule has 1 aromatic carbocycles. The lowest BCUT2D eigenvalue weighted by Crippen LogP contribution is -2.37. The molecule has 1 heterocycles. The molecule has 8 heteroatoms. The van der Waals surface area contributed by atoms with E-state index in [4.69, 9.17) is 4.74 Å². The van der Waals surface area contributed by atoms with Gasteiger partial charge in [0.2, 0.25) is 10.0 Å². The van der Waals surface area contributed by atoms with Crippen LogP contribution in [-0.4, -0.2) is 52.3 Å². The maximum Gasteiger partial charge on any atom is 0.337 e. The maximum absolute atomic E-state index is 12.2. The van der Waals surface area contributed by atoms with Crippen LogP contribution in [0, 0.1) is 0 Å². The fourth-order valence-electron chi connectivity index (χ4n) is 2.40. The molecule has 0 aromatic heterocycles. The molecule has 1 aliphatic heterocycles. The normalized spacial score (nSPS) is 15.6. The van der Waals surface area contributed by atoms with Gasteiger partial charge in [-0.3, -0.25) is 0 Å². The molecule has 2 rings (SSSR count). The molecule has 0 unspecified atom stereocenters. The Morgan fingerprint density at radius 3 is 2.65 bits per heavy atom. The first-order chi connectivity index (χ1) is 11.0. The predicted octanol–water partition coefficient (Wildman–Crippen LogP) is 1.30. The Labute approximate surface area is 136 Å². The molecule has 23 heavy (non-hydrogen) atoms. The highest BCUT2D eigenvalue weighted by molar-refractivity contribution is 7.89. The van der Waals surface area contributed by atoms with Gasteiger partial charge in [-0.2, -0.15) is 0 Å². The van der Waals surface area contributed by atoms with E-state index in [1.54, 1.807) is 6.07 Å². The SMILES string of the molecule is CCCCNS(=O)(=O)c1ccc(N2CCOCC2)c(C(=O)O)c1. The number of hydrogen-bond acceptors (Lipinski definition) is 5. The number of nitrogens with one attached hydrogen (secondary N) is 1. The number of sulfonamides is 1. The summed E-state index contributed by atoms with van der Waals surface area (Å²) in [6.45, 7) is 4.53. The summed E-state index contributed by atoms with van der Waals surface area (Å²) < 4.78 is 32.2. The van der Waals surface area contributed by atoms with Crippen molar-refractivity contribution in [1.82, 2.24) is 4.72 Å². The minimum absolute atomic E-state index is 0.00901. The van der Waals surface area contributed by atoms with Gasteiger partial charge < -0.3 is 14.7 Å². The van der Waals surface area contributed by atoms with Gasteiger partial charge in [0.15, 0.2) is 0 Å². The molecule has 0 aliphatic carbocycles. The number of carbonyl (C=O) groups is 1. The second-order valence-electron chi connectivity index (χ2n) is 5.33. The number of unbranched alkanes of at least 4 members (excludes halogenated alkanes) is 1. The van der Waals surface area contributed by atoms with Crippen molar-refractivity contribution in [2.45, 2.75) is 24.7 Å². The maximum atomic E-state index is 12.2. The van der Waals surface area contributed by atoms with Crippen LogP contribution in [0.15, 0.2) is 23.1 Å². The zero-order valence-electron chi connectivity index (χ0n) is 13.1. The van der Waals surface area contributed by atoms with E-state index in [1.165, 1.54) is 12.1 Å². The topological polar surface area (TPSA) is 95.9 Å². The van der Waals surface area contributed by atoms with Crippen LogP contribution in [0.25, 0.3) is 0 Å². The Morgan fingerprint density at radius 1 is 1.35 bits per heavy atom. The zero-order chi connectivity index (χ0) is 16.9. The van der Waals surface area contributed by atoms with Gasteiger partial charge in [0, 0.05) is 19.6 Å². The number of benzene rings is 1. The van der Waals surface area contributed by atoms with Crippen LogP contribution in [0.1, 0.15) is 30.1 Å². The molecule has 0 bridgehead atoms. The van der Waals surface area contributed by atoms with Crippen molar-refractivity contribution in [3.63, 3.8) is 0 Å². The number of carboxylic acid groups (broad SMARTS) is 1. The third-order valence-corrected chi connectivity index (χ3v) is 5.14. The average molecular weight is 342 g/mol. The lowest BCUT2D eigenvalue weighted by atomic mass is 10.1. The molecule has 1 fully saturated rings. The number of hydrogen-bond donors (Lipinski definition) is 2. The molecule has 0 saturated carbocycles. The molecule has 0 radical (unpaired) electrons. The van der Waals surface area contributed by atoms with Gasteiger partial charge in [-0.15, -0.1) is 0 Å². The highest BCUT2D eigenvalue weighted by atomic mass is 32.2. The van der Waals surface area contributed by atoms with E-state index < -0.39 is 16.0 Å². The molecule has 7 nitrogen and oxygen atoms in total. The van der Waals surface area contributed by atoms with Crippen molar-refractivity contribution in [2.24, 2.45) is 0 Å². The van der Waals surface area contributed by atoms with E-state index >= 15 is 0 Å². The first-order valence-corrected chi connectivity index (χ1v) is 9.13. The van der Waals surface area contributed by atoms with Crippen molar-refractivity contribution in [3.05, 3.63) is 23.8 Å². The number of anilines is 1. The number of aromatic carboxylic acids is 1. The summed E-state index contributed by atoms with van der Waals surface area (Å²) in [6, 6.07) is 4.23. The Bertz CT molecular complexity index is 654. The van der Waals surface area contributed by atoms with Gasteiger partial charge in [-0.1, -0.05) is 13.3 Å². The largest absolute Gasteiger partial charge is 0.478 e. The van der Waals surface area contributed by atoms with Crippen LogP contribution in [-0.2, 0) is 14.8 Å². The minimum atomic E-state index is -3.69. The second-order valence-corrected chi connectivity index (χ2v) is 7.10. The van der Waals surface area contributed by atoms with Crippen LogP contribution < -0.4 is 9.62 Å². The summed E-state index contributed by atoms with van der Waals surface area (Å²) >= 11 is 0. The number of ether oxygens (including phenoxy) is 1. The summed E-state index contributed by atoms with van der Waals surface area (Å²) in [5.74, 6) is -1.14. The fraction of sp³-hybridized carbons (Fsp3) is 0.533. The second kappa shape index (κ2) is 7.76. The molecule has 2 N–H and O–H groups in total. The number of morpholine rings is 1.